The molecule has 0 spiro atoms. The van der Waals surface area contributed by atoms with Crippen molar-refractivity contribution in [3.8, 4) is 17.6 Å². The van der Waals surface area contributed by atoms with Crippen LogP contribution in [0.1, 0.15) is 23.1 Å². The van der Waals surface area contributed by atoms with Crippen LogP contribution in [-0.2, 0) is 0 Å². The summed E-state index contributed by atoms with van der Waals surface area (Å²) in [4.78, 5) is 0. The van der Waals surface area contributed by atoms with Gasteiger partial charge in [0.1, 0.15) is 5.75 Å². The lowest BCUT2D eigenvalue weighted by molar-refractivity contribution is 0.474. The van der Waals surface area contributed by atoms with E-state index in [1.165, 1.54) is 0 Å². The third kappa shape index (κ3) is 2.51. The van der Waals surface area contributed by atoms with Crippen molar-refractivity contribution < 1.29 is 5.11 Å². The SMILES string of the molecule is Cc1cc(O)cc(C)c1C#CCCN. The van der Waals surface area contributed by atoms with Crippen molar-refractivity contribution in [3.63, 3.8) is 0 Å². The molecule has 1 aromatic rings. The van der Waals surface area contributed by atoms with Crippen LogP contribution in [0.3, 0.4) is 0 Å². The molecule has 0 fully saturated rings. The van der Waals surface area contributed by atoms with Gasteiger partial charge in [0, 0.05) is 18.5 Å². The Hall–Kier alpha value is -1.46. The summed E-state index contributed by atoms with van der Waals surface area (Å²) in [7, 11) is 0. The zero-order valence-electron chi connectivity index (χ0n) is 8.59. The van der Waals surface area contributed by atoms with Crippen molar-refractivity contribution in [2.45, 2.75) is 20.3 Å². The Labute approximate surface area is 84.8 Å². The van der Waals surface area contributed by atoms with E-state index in [0.717, 1.165) is 16.7 Å². The van der Waals surface area contributed by atoms with Crippen molar-refractivity contribution in [1.29, 1.82) is 0 Å². The summed E-state index contributed by atoms with van der Waals surface area (Å²) in [6.45, 7) is 4.47. The summed E-state index contributed by atoms with van der Waals surface area (Å²) in [5.41, 5.74) is 8.36. The molecule has 3 N–H and O–H groups in total. The second-order valence-corrected chi connectivity index (χ2v) is 3.30. The van der Waals surface area contributed by atoms with E-state index in [1.807, 2.05) is 13.8 Å². The lowest BCUT2D eigenvalue weighted by atomic mass is 10.0. The lowest BCUT2D eigenvalue weighted by Gasteiger charge is -2.03. The molecule has 0 aliphatic rings. The van der Waals surface area contributed by atoms with Crippen molar-refractivity contribution in [2.75, 3.05) is 6.54 Å². The van der Waals surface area contributed by atoms with Crippen molar-refractivity contribution in [2.24, 2.45) is 5.73 Å². The number of benzene rings is 1. The van der Waals surface area contributed by atoms with Gasteiger partial charge in [0.25, 0.3) is 0 Å². The Morgan fingerprint density at radius 1 is 1.29 bits per heavy atom. The number of hydrogen-bond donors (Lipinski definition) is 2. The molecule has 1 rings (SSSR count). The molecule has 0 saturated carbocycles. The van der Waals surface area contributed by atoms with Gasteiger partial charge in [-0.3, -0.25) is 0 Å². The summed E-state index contributed by atoms with van der Waals surface area (Å²) >= 11 is 0. The van der Waals surface area contributed by atoms with Gasteiger partial charge in [-0.15, -0.1) is 0 Å². The minimum absolute atomic E-state index is 0.296. The molecule has 0 unspecified atom stereocenters. The molecule has 14 heavy (non-hydrogen) atoms. The smallest absolute Gasteiger partial charge is 0.116 e. The van der Waals surface area contributed by atoms with Gasteiger partial charge in [-0.05, 0) is 37.1 Å². The number of phenols is 1. The van der Waals surface area contributed by atoms with Crippen LogP contribution in [0.25, 0.3) is 0 Å². The van der Waals surface area contributed by atoms with Crippen LogP contribution in [0.15, 0.2) is 12.1 Å². The molecule has 0 saturated heterocycles. The van der Waals surface area contributed by atoms with Gasteiger partial charge < -0.3 is 10.8 Å². The number of aromatic hydroxyl groups is 1. The quantitative estimate of drug-likeness (QED) is 0.661. The van der Waals surface area contributed by atoms with Gasteiger partial charge in [-0.1, -0.05) is 11.8 Å². The summed E-state index contributed by atoms with van der Waals surface area (Å²) in [6, 6.07) is 3.44. The van der Waals surface area contributed by atoms with E-state index in [0.29, 0.717) is 18.7 Å². The van der Waals surface area contributed by atoms with Gasteiger partial charge >= 0.3 is 0 Å². The highest BCUT2D eigenvalue weighted by molar-refractivity contribution is 5.49. The number of rotatable bonds is 1. The van der Waals surface area contributed by atoms with E-state index < -0.39 is 0 Å². The molecule has 2 nitrogen and oxygen atoms in total. The van der Waals surface area contributed by atoms with E-state index >= 15 is 0 Å². The molecule has 0 bridgehead atoms. The monoisotopic (exact) mass is 189 g/mol. The average molecular weight is 189 g/mol. The van der Waals surface area contributed by atoms with Crippen LogP contribution in [0.2, 0.25) is 0 Å². The number of phenolic OH excluding ortho intramolecular Hbond substituents is 1. The number of nitrogens with two attached hydrogens (primary N) is 1. The predicted molar refractivity (Wildman–Crippen MR) is 58.1 cm³/mol. The molecular formula is C12H15NO. The minimum atomic E-state index is 0.296. The van der Waals surface area contributed by atoms with Gasteiger partial charge in [0.05, 0.1) is 0 Å². The van der Waals surface area contributed by atoms with E-state index in [-0.39, 0.29) is 0 Å². The second-order valence-electron chi connectivity index (χ2n) is 3.30. The van der Waals surface area contributed by atoms with Crippen LogP contribution >= 0.6 is 0 Å². The Balaban J connectivity index is 3.04. The fraction of sp³-hybridized carbons (Fsp3) is 0.333. The van der Waals surface area contributed by atoms with Crippen molar-refractivity contribution >= 4 is 0 Å². The molecule has 0 aliphatic heterocycles. The van der Waals surface area contributed by atoms with E-state index in [4.69, 9.17) is 5.73 Å². The Morgan fingerprint density at radius 2 is 1.86 bits per heavy atom. The lowest BCUT2D eigenvalue weighted by Crippen LogP contribution is -1.95. The average Bonchev–Trinajstić information content (AvgIpc) is 2.09. The molecule has 1 aromatic carbocycles. The topological polar surface area (TPSA) is 46.2 Å². The molecule has 0 amide bonds. The maximum atomic E-state index is 9.32. The van der Waals surface area contributed by atoms with Gasteiger partial charge in [0.15, 0.2) is 0 Å². The fourth-order valence-corrected chi connectivity index (χ4v) is 1.36. The summed E-state index contributed by atoms with van der Waals surface area (Å²) in [5, 5.41) is 9.32. The molecule has 74 valence electrons. The number of aryl methyl sites for hydroxylation is 2. The molecular weight excluding hydrogens is 174 g/mol. The Kier molecular flexibility index (Phi) is 3.55. The van der Waals surface area contributed by atoms with E-state index in [1.54, 1.807) is 12.1 Å². The molecule has 0 radical (unpaired) electrons. The third-order valence-corrected chi connectivity index (χ3v) is 2.00. The Morgan fingerprint density at radius 3 is 2.36 bits per heavy atom. The number of hydrogen-bond acceptors (Lipinski definition) is 2. The first-order chi connectivity index (χ1) is 6.65. The molecule has 0 aromatic heterocycles. The van der Waals surface area contributed by atoms with E-state index in [2.05, 4.69) is 11.8 Å². The standard InChI is InChI=1S/C12H15NO/c1-9-7-11(14)8-10(2)12(9)5-3-4-6-13/h7-8,14H,4,6,13H2,1-2H3. The normalized spacial score (nSPS) is 9.36. The van der Waals surface area contributed by atoms with Crippen LogP contribution in [0.4, 0.5) is 0 Å². The summed E-state index contributed by atoms with van der Waals surface area (Å²) in [6.07, 6.45) is 0.708. The highest BCUT2D eigenvalue weighted by atomic mass is 16.3. The van der Waals surface area contributed by atoms with E-state index in [9.17, 15) is 5.11 Å². The van der Waals surface area contributed by atoms with Gasteiger partial charge in [-0.25, -0.2) is 0 Å². The maximum Gasteiger partial charge on any atom is 0.116 e. The Bertz CT molecular complexity index is 362. The molecule has 0 atom stereocenters. The fourth-order valence-electron chi connectivity index (χ4n) is 1.36. The molecule has 0 aliphatic carbocycles. The van der Waals surface area contributed by atoms with Crippen molar-refractivity contribution in [3.05, 3.63) is 28.8 Å². The van der Waals surface area contributed by atoms with Crippen LogP contribution in [-0.4, -0.2) is 11.7 Å². The van der Waals surface area contributed by atoms with Crippen LogP contribution in [0, 0.1) is 25.7 Å². The first-order valence-corrected chi connectivity index (χ1v) is 4.64. The highest BCUT2D eigenvalue weighted by Crippen LogP contribution is 2.19. The van der Waals surface area contributed by atoms with Crippen molar-refractivity contribution in [1.82, 2.24) is 0 Å². The predicted octanol–water partition coefficient (Wildman–Crippen LogP) is 1.71. The summed E-state index contributed by atoms with van der Waals surface area (Å²) < 4.78 is 0. The van der Waals surface area contributed by atoms with Crippen LogP contribution < -0.4 is 5.73 Å². The zero-order chi connectivity index (χ0) is 10.6. The first-order valence-electron chi connectivity index (χ1n) is 4.64. The largest absolute Gasteiger partial charge is 0.508 e. The van der Waals surface area contributed by atoms with Gasteiger partial charge in [-0.2, -0.15) is 0 Å². The minimum Gasteiger partial charge on any atom is -0.508 e. The second kappa shape index (κ2) is 4.69. The molecule has 2 heteroatoms. The molecule has 0 heterocycles. The summed E-state index contributed by atoms with van der Waals surface area (Å²) in [5.74, 6) is 6.36. The zero-order valence-corrected chi connectivity index (χ0v) is 8.59. The van der Waals surface area contributed by atoms with Gasteiger partial charge in [0.2, 0.25) is 0 Å². The maximum absolute atomic E-state index is 9.32. The first kappa shape index (κ1) is 10.6. The van der Waals surface area contributed by atoms with Crippen LogP contribution in [0.5, 0.6) is 5.75 Å². The highest BCUT2D eigenvalue weighted by Gasteiger charge is 2.01. The third-order valence-electron chi connectivity index (χ3n) is 2.00.